The largest absolute Gasteiger partial charge is 0.288 e. The fourth-order valence-corrected chi connectivity index (χ4v) is 3.15. The molecule has 0 unspecified atom stereocenters. The van der Waals surface area contributed by atoms with Crippen molar-refractivity contribution in [3.8, 4) is 0 Å². The van der Waals surface area contributed by atoms with Gasteiger partial charge in [0.2, 0.25) is 5.78 Å². The van der Waals surface area contributed by atoms with Crippen LogP contribution in [0.2, 0.25) is 5.02 Å². The van der Waals surface area contributed by atoms with Crippen LogP contribution < -0.4 is 0 Å². The zero-order chi connectivity index (χ0) is 12.6. The van der Waals surface area contributed by atoms with Crippen LogP contribution in [0.1, 0.15) is 20.8 Å². The van der Waals surface area contributed by atoms with Crippen LogP contribution in [0.25, 0.3) is 0 Å². The monoisotopic (exact) mass is 332 g/mol. The van der Waals surface area contributed by atoms with Crippen molar-refractivity contribution in [2.45, 2.75) is 6.92 Å². The number of hydrogen-bond donors (Lipinski definition) is 0. The van der Waals surface area contributed by atoms with E-state index in [1.54, 1.807) is 13.0 Å². The van der Waals surface area contributed by atoms with Crippen LogP contribution in [0.3, 0.4) is 0 Å². The zero-order valence-electron chi connectivity index (χ0n) is 8.76. The van der Waals surface area contributed by atoms with Crippen molar-refractivity contribution < 1.29 is 9.18 Å². The van der Waals surface area contributed by atoms with E-state index in [1.807, 2.05) is 5.38 Å². The fourth-order valence-electron chi connectivity index (χ4n) is 1.41. The summed E-state index contributed by atoms with van der Waals surface area (Å²) >= 11 is 10.5. The molecule has 0 aliphatic rings. The molecule has 0 aliphatic heterocycles. The average molecular weight is 334 g/mol. The van der Waals surface area contributed by atoms with Gasteiger partial charge in [0.15, 0.2) is 0 Å². The van der Waals surface area contributed by atoms with Crippen LogP contribution >= 0.6 is 38.9 Å². The lowest BCUT2D eigenvalue weighted by Gasteiger charge is -2.05. The summed E-state index contributed by atoms with van der Waals surface area (Å²) in [4.78, 5) is 12.8. The van der Waals surface area contributed by atoms with Crippen molar-refractivity contribution in [3.63, 3.8) is 0 Å². The molecule has 17 heavy (non-hydrogen) atoms. The normalized spacial score (nSPS) is 10.6. The predicted octanol–water partition coefficient (Wildman–Crippen LogP) is 4.84. The zero-order valence-corrected chi connectivity index (χ0v) is 11.9. The molecule has 5 heteroatoms. The summed E-state index contributed by atoms with van der Waals surface area (Å²) in [5.74, 6) is -0.600. The Bertz CT molecular complexity index is 594. The summed E-state index contributed by atoms with van der Waals surface area (Å²) in [5, 5.41) is 1.94. The third-order valence-electron chi connectivity index (χ3n) is 2.32. The van der Waals surface area contributed by atoms with E-state index in [4.69, 9.17) is 11.6 Å². The minimum atomic E-state index is -0.406. The minimum absolute atomic E-state index is 0.137. The van der Waals surface area contributed by atoms with Crippen LogP contribution in [0, 0.1) is 12.7 Å². The molecule has 0 aliphatic carbocycles. The number of carbonyl (C=O) groups is 1. The SMILES string of the molecule is Cc1cc(C(=O)c2sccc2Br)c(Cl)cc1F. The third kappa shape index (κ3) is 2.44. The van der Waals surface area contributed by atoms with Crippen LogP contribution in [-0.4, -0.2) is 5.78 Å². The average Bonchev–Trinajstić information content (AvgIpc) is 2.69. The topological polar surface area (TPSA) is 17.1 Å². The van der Waals surface area contributed by atoms with Gasteiger partial charge in [0.1, 0.15) is 5.82 Å². The van der Waals surface area contributed by atoms with Crippen LogP contribution in [0.15, 0.2) is 28.1 Å². The molecule has 0 spiro atoms. The maximum Gasteiger partial charge on any atom is 0.205 e. The second kappa shape index (κ2) is 4.88. The Morgan fingerprint density at radius 2 is 2.18 bits per heavy atom. The number of hydrogen-bond acceptors (Lipinski definition) is 2. The quantitative estimate of drug-likeness (QED) is 0.719. The number of rotatable bonds is 2. The van der Waals surface area contributed by atoms with Gasteiger partial charge in [-0.05, 0) is 52.0 Å². The van der Waals surface area contributed by atoms with Gasteiger partial charge in [0.25, 0.3) is 0 Å². The van der Waals surface area contributed by atoms with Crippen LogP contribution in [0.4, 0.5) is 4.39 Å². The highest BCUT2D eigenvalue weighted by molar-refractivity contribution is 9.10. The van der Waals surface area contributed by atoms with Crippen molar-refractivity contribution in [2.75, 3.05) is 0 Å². The first-order valence-electron chi connectivity index (χ1n) is 4.74. The van der Waals surface area contributed by atoms with E-state index < -0.39 is 5.82 Å². The van der Waals surface area contributed by atoms with E-state index in [-0.39, 0.29) is 10.8 Å². The first kappa shape index (κ1) is 12.7. The van der Waals surface area contributed by atoms with Gasteiger partial charge < -0.3 is 0 Å². The smallest absolute Gasteiger partial charge is 0.205 e. The van der Waals surface area contributed by atoms with Crippen molar-refractivity contribution in [3.05, 3.63) is 54.9 Å². The fraction of sp³-hybridized carbons (Fsp3) is 0.0833. The van der Waals surface area contributed by atoms with Gasteiger partial charge in [0, 0.05) is 10.0 Å². The van der Waals surface area contributed by atoms with Gasteiger partial charge in [-0.25, -0.2) is 4.39 Å². The highest BCUT2D eigenvalue weighted by Crippen LogP contribution is 2.29. The second-order valence-electron chi connectivity index (χ2n) is 3.51. The van der Waals surface area contributed by atoms with E-state index in [0.717, 1.165) is 4.47 Å². The van der Waals surface area contributed by atoms with E-state index >= 15 is 0 Å². The molecule has 0 atom stereocenters. The molecule has 0 N–H and O–H groups in total. The van der Waals surface area contributed by atoms with Crippen molar-refractivity contribution >= 4 is 44.7 Å². The molecule has 0 fully saturated rings. The Labute approximate surface area is 115 Å². The van der Waals surface area contributed by atoms with E-state index in [2.05, 4.69) is 15.9 Å². The van der Waals surface area contributed by atoms with Crippen molar-refractivity contribution in [2.24, 2.45) is 0 Å². The molecule has 0 saturated carbocycles. The molecule has 1 aromatic carbocycles. The molecule has 88 valence electrons. The molecule has 1 nitrogen and oxygen atoms in total. The molecule has 0 saturated heterocycles. The Kier molecular flexibility index (Phi) is 3.66. The number of halogens is 3. The number of thiophene rings is 1. The maximum atomic E-state index is 13.2. The lowest BCUT2D eigenvalue weighted by Crippen LogP contribution is -2.02. The Morgan fingerprint density at radius 1 is 1.47 bits per heavy atom. The first-order chi connectivity index (χ1) is 8.00. The molecule has 2 rings (SSSR count). The van der Waals surface area contributed by atoms with Crippen LogP contribution in [0.5, 0.6) is 0 Å². The van der Waals surface area contributed by atoms with Gasteiger partial charge in [-0.3, -0.25) is 4.79 Å². The lowest BCUT2D eigenvalue weighted by molar-refractivity contribution is 0.104. The minimum Gasteiger partial charge on any atom is -0.288 e. The third-order valence-corrected chi connectivity index (χ3v) is 4.47. The molecule has 0 amide bonds. The maximum absolute atomic E-state index is 13.2. The molecule has 1 aromatic heterocycles. The highest BCUT2D eigenvalue weighted by Gasteiger charge is 2.18. The van der Waals surface area contributed by atoms with E-state index in [1.165, 1.54) is 23.5 Å². The van der Waals surface area contributed by atoms with Crippen molar-refractivity contribution in [1.29, 1.82) is 0 Å². The van der Waals surface area contributed by atoms with Gasteiger partial charge in [-0.1, -0.05) is 11.6 Å². The summed E-state index contributed by atoms with van der Waals surface area (Å²) in [6.07, 6.45) is 0. The standard InChI is InChI=1S/C12H7BrClFOS/c1-6-4-7(9(14)5-10(6)15)11(16)12-8(13)2-3-17-12/h2-5H,1H3. The van der Waals surface area contributed by atoms with Gasteiger partial charge in [-0.2, -0.15) is 0 Å². The summed E-state index contributed by atoms with van der Waals surface area (Å²) in [6.45, 7) is 1.60. The molecule has 1 heterocycles. The summed E-state index contributed by atoms with van der Waals surface area (Å²) < 4.78 is 14.0. The Balaban J connectivity index is 2.52. The lowest BCUT2D eigenvalue weighted by atomic mass is 10.1. The van der Waals surface area contributed by atoms with Crippen LogP contribution in [-0.2, 0) is 0 Å². The van der Waals surface area contributed by atoms with Crippen molar-refractivity contribution in [1.82, 2.24) is 0 Å². The second-order valence-corrected chi connectivity index (χ2v) is 5.69. The summed E-state index contributed by atoms with van der Waals surface area (Å²) in [5.41, 5.74) is 0.735. The first-order valence-corrected chi connectivity index (χ1v) is 6.79. The molecular formula is C12H7BrClFOS. The van der Waals surface area contributed by atoms with E-state index in [9.17, 15) is 9.18 Å². The molecule has 2 aromatic rings. The molecular weight excluding hydrogens is 327 g/mol. The Morgan fingerprint density at radius 3 is 2.76 bits per heavy atom. The number of aryl methyl sites for hydroxylation is 1. The summed E-state index contributed by atoms with van der Waals surface area (Å²) in [6, 6.07) is 4.44. The predicted molar refractivity (Wildman–Crippen MR) is 71.6 cm³/mol. The number of ketones is 1. The van der Waals surface area contributed by atoms with Gasteiger partial charge >= 0.3 is 0 Å². The van der Waals surface area contributed by atoms with E-state index in [0.29, 0.717) is 16.0 Å². The van der Waals surface area contributed by atoms with Gasteiger partial charge in [-0.15, -0.1) is 11.3 Å². The highest BCUT2D eigenvalue weighted by atomic mass is 79.9. The molecule has 0 bridgehead atoms. The number of carbonyl (C=O) groups excluding carboxylic acids is 1. The molecule has 0 radical (unpaired) electrons. The summed E-state index contributed by atoms with van der Waals surface area (Å²) in [7, 11) is 0. The number of benzene rings is 1. The van der Waals surface area contributed by atoms with Gasteiger partial charge in [0.05, 0.1) is 9.90 Å². The Hall–Kier alpha value is -0.710.